The molecule has 356 valence electrons. The number of allylic oxidation sites excluding steroid dienone is 6. The minimum Gasteiger partial charge on any atom is -0.462 e. The smallest absolute Gasteiger partial charge is 0.306 e. The van der Waals surface area contributed by atoms with Crippen LogP contribution < -0.4 is 0 Å². The maximum atomic E-state index is 12.8. The van der Waals surface area contributed by atoms with Gasteiger partial charge in [-0.15, -0.1) is 0 Å². The molecule has 0 spiro atoms. The molecule has 0 aliphatic rings. The highest BCUT2D eigenvalue weighted by Gasteiger charge is 2.19. The number of esters is 3. The number of carbonyl (C=O) groups is 3. The molecule has 0 aromatic heterocycles. The van der Waals surface area contributed by atoms with Crippen LogP contribution in [0.3, 0.4) is 0 Å². The summed E-state index contributed by atoms with van der Waals surface area (Å²) in [7, 11) is 0. The SMILES string of the molecule is CCCC/C=C\CCCCCCCC(=O)OC[C@H](COC(=O)CCCCCCCCC/C=C\C/C=C\CCCCC)OC(=O)CCCCCCCCCCCCCCCCC. The monoisotopic (exact) mass is 857 g/mol. The maximum absolute atomic E-state index is 12.8. The molecule has 0 fully saturated rings. The van der Waals surface area contributed by atoms with Crippen molar-refractivity contribution < 1.29 is 28.6 Å². The lowest BCUT2D eigenvalue weighted by Gasteiger charge is -2.18. The normalized spacial score (nSPS) is 12.2. The Morgan fingerprint density at radius 2 is 0.607 bits per heavy atom. The van der Waals surface area contributed by atoms with Gasteiger partial charge in [-0.2, -0.15) is 0 Å². The van der Waals surface area contributed by atoms with Crippen molar-refractivity contribution in [2.75, 3.05) is 13.2 Å². The van der Waals surface area contributed by atoms with Crippen LogP contribution in [-0.4, -0.2) is 37.2 Å². The Balaban J connectivity index is 4.34. The summed E-state index contributed by atoms with van der Waals surface area (Å²) in [6, 6.07) is 0. The summed E-state index contributed by atoms with van der Waals surface area (Å²) in [6.07, 6.45) is 58.4. The minimum absolute atomic E-state index is 0.0761. The second-order valence-electron chi connectivity index (χ2n) is 17.8. The topological polar surface area (TPSA) is 78.9 Å². The summed E-state index contributed by atoms with van der Waals surface area (Å²) in [6.45, 7) is 6.59. The minimum atomic E-state index is -0.774. The summed E-state index contributed by atoms with van der Waals surface area (Å²) in [5.74, 6) is -0.881. The third kappa shape index (κ3) is 48.5. The molecule has 0 aliphatic heterocycles. The lowest BCUT2D eigenvalue weighted by atomic mass is 10.0. The second kappa shape index (κ2) is 50.3. The molecule has 0 rings (SSSR count). The summed E-state index contributed by atoms with van der Waals surface area (Å²) < 4.78 is 16.8. The predicted octanol–water partition coefficient (Wildman–Crippen LogP) is 17.3. The van der Waals surface area contributed by atoms with E-state index in [1.165, 1.54) is 161 Å². The molecule has 0 saturated heterocycles. The van der Waals surface area contributed by atoms with Gasteiger partial charge in [0.2, 0.25) is 0 Å². The molecular weight excluding hydrogens is 757 g/mol. The molecule has 1 atom stereocenters. The van der Waals surface area contributed by atoms with Crippen LogP contribution in [0.15, 0.2) is 36.5 Å². The number of rotatable bonds is 48. The summed E-state index contributed by atoms with van der Waals surface area (Å²) in [5, 5.41) is 0. The lowest BCUT2D eigenvalue weighted by molar-refractivity contribution is -0.167. The quantitative estimate of drug-likeness (QED) is 0.0262. The third-order valence-corrected chi connectivity index (χ3v) is 11.6. The number of unbranched alkanes of at least 4 members (excludes halogenated alkanes) is 31. The highest BCUT2D eigenvalue weighted by atomic mass is 16.6. The first kappa shape index (κ1) is 58.6. The van der Waals surface area contributed by atoms with E-state index in [4.69, 9.17) is 14.2 Å². The van der Waals surface area contributed by atoms with Crippen LogP contribution in [0.4, 0.5) is 0 Å². The Kier molecular flexibility index (Phi) is 48.3. The van der Waals surface area contributed by atoms with Crippen LogP contribution in [-0.2, 0) is 28.6 Å². The molecule has 61 heavy (non-hydrogen) atoms. The van der Waals surface area contributed by atoms with E-state index in [-0.39, 0.29) is 31.1 Å². The number of carbonyl (C=O) groups excluding carboxylic acids is 3. The van der Waals surface area contributed by atoms with E-state index in [2.05, 4.69) is 57.2 Å². The Morgan fingerprint density at radius 3 is 1.00 bits per heavy atom. The first-order valence-corrected chi connectivity index (χ1v) is 26.5. The molecule has 6 heteroatoms. The standard InChI is InChI=1S/C55H100O6/c1-4-7-10-13-16-19-22-24-26-27-29-30-33-36-39-42-45-48-54(57)60-51-52(50-59-53(56)47-44-41-38-35-32-21-18-15-12-9-6-3)61-55(58)49-46-43-40-37-34-31-28-25-23-20-17-14-11-8-5-2/h15-16,18-19,24,26,52H,4-14,17,20-23,25,27-51H2,1-3H3/b18-15-,19-16-,26-24-/t52-/m1/s1. The molecular formula is C55H100O6. The van der Waals surface area contributed by atoms with Crippen LogP contribution in [0.1, 0.15) is 278 Å². The molecule has 0 N–H and O–H groups in total. The van der Waals surface area contributed by atoms with Gasteiger partial charge in [0.05, 0.1) is 0 Å². The van der Waals surface area contributed by atoms with Gasteiger partial charge in [-0.05, 0) is 70.6 Å². The summed E-state index contributed by atoms with van der Waals surface area (Å²) in [5.41, 5.74) is 0. The average Bonchev–Trinajstić information content (AvgIpc) is 3.26. The molecule has 0 aliphatic carbocycles. The van der Waals surface area contributed by atoms with Crippen LogP contribution in [0, 0.1) is 0 Å². The Labute approximate surface area is 378 Å². The van der Waals surface area contributed by atoms with Crippen molar-refractivity contribution in [2.45, 2.75) is 284 Å². The van der Waals surface area contributed by atoms with Crippen molar-refractivity contribution in [1.29, 1.82) is 0 Å². The van der Waals surface area contributed by atoms with E-state index in [1.807, 2.05) is 0 Å². The van der Waals surface area contributed by atoms with Crippen LogP contribution in [0.25, 0.3) is 0 Å². The fraction of sp³-hybridized carbons (Fsp3) is 0.836. The van der Waals surface area contributed by atoms with Gasteiger partial charge in [-0.1, -0.05) is 224 Å². The van der Waals surface area contributed by atoms with Gasteiger partial charge in [0.15, 0.2) is 6.10 Å². The van der Waals surface area contributed by atoms with Gasteiger partial charge < -0.3 is 14.2 Å². The van der Waals surface area contributed by atoms with E-state index >= 15 is 0 Å². The van der Waals surface area contributed by atoms with E-state index in [1.54, 1.807) is 0 Å². The second-order valence-corrected chi connectivity index (χ2v) is 17.8. The van der Waals surface area contributed by atoms with Crippen molar-refractivity contribution in [3.05, 3.63) is 36.5 Å². The van der Waals surface area contributed by atoms with Crippen molar-refractivity contribution in [2.24, 2.45) is 0 Å². The largest absolute Gasteiger partial charge is 0.462 e. The van der Waals surface area contributed by atoms with E-state index in [9.17, 15) is 14.4 Å². The first-order valence-electron chi connectivity index (χ1n) is 26.5. The Morgan fingerprint density at radius 1 is 0.328 bits per heavy atom. The number of ether oxygens (including phenoxy) is 3. The van der Waals surface area contributed by atoms with Gasteiger partial charge in [0.1, 0.15) is 13.2 Å². The fourth-order valence-corrected chi connectivity index (χ4v) is 7.57. The van der Waals surface area contributed by atoms with Crippen molar-refractivity contribution >= 4 is 17.9 Å². The van der Waals surface area contributed by atoms with Crippen LogP contribution in [0.5, 0.6) is 0 Å². The molecule has 6 nitrogen and oxygen atoms in total. The van der Waals surface area contributed by atoms with Gasteiger partial charge in [0, 0.05) is 19.3 Å². The van der Waals surface area contributed by atoms with Crippen molar-refractivity contribution in [1.82, 2.24) is 0 Å². The zero-order chi connectivity index (χ0) is 44.4. The maximum Gasteiger partial charge on any atom is 0.306 e. The summed E-state index contributed by atoms with van der Waals surface area (Å²) in [4.78, 5) is 38.0. The van der Waals surface area contributed by atoms with Crippen molar-refractivity contribution in [3.8, 4) is 0 Å². The van der Waals surface area contributed by atoms with Crippen molar-refractivity contribution in [3.63, 3.8) is 0 Å². The molecule has 0 saturated carbocycles. The fourth-order valence-electron chi connectivity index (χ4n) is 7.57. The highest BCUT2D eigenvalue weighted by molar-refractivity contribution is 5.71. The van der Waals surface area contributed by atoms with Gasteiger partial charge in [0.25, 0.3) is 0 Å². The Bertz CT molecular complexity index is 1030. The molecule has 0 aromatic carbocycles. The van der Waals surface area contributed by atoms with Gasteiger partial charge in [-0.3, -0.25) is 14.4 Å². The van der Waals surface area contributed by atoms with E-state index in [0.717, 1.165) is 77.0 Å². The zero-order valence-electron chi connectivity index (χ0n) is 40.7. The van der Waals surface area contributed by atoms with E-state index in [0.29, 0.717) is 19.3 Å². The number of hydrogen-bond acceptors (Lipinski definition) is 6. The first-order chi connectivity index (χ1) is 30.0. The molecule has 0 amide bonds. The van der Waals surface area contributed by atoms with Crippen LogP contribution >= 0.6 is 0 Å². The highest BCUT2D eigenvalue weighted by Crippen LogP contribution is 2.16. The molecule has 0 aromatic rings. The van der Waals surface area contributed by atoms with Gasteiger partial charge >= 0.3 is 17.9 Å². The Hall–Kier alpha value is -2.37. The van der Waals surface area contributed by atoms with E-state index < -0.39 is 6.10 Å². The van der Waals surface area contributed by atoms with Crippen LogP contribution in [0.2, 0.25) is 0 Å². The summed E-state index contributed by atoms with van der Waals surface area (Å²) >= 11 is 0. The predicted molar refractivity (Wildman–Crippen MR) is 261 cm³/mol. The average molecular weight is 857 g/mol. The third-order valence-electron chi connectivity index (χ3n) is 11.6. The number of hydrogen-bond donors (Lipinski definition) is 0. The van der Waals surface area contributed by atoms with Gasteiger partial charge in [-0.25, -0.2) is 0 Å². The zero-order valence-corrected chi connectivity index (χ0v) is 40.7. The molecule has 0 radical (unpaired) electrons. The molecule has 0 unspecified atom stereocenters. The molecule has 0 bridgehead atoms. The molecule has 0 heterocycles. The lowest BCUT2D eigenvalue weighted by Crippen LogP contribution is -2.30.